The zero-order valence-electron chi connectivity index (χ0n) is 10.0. The van der Waals surface area contributed by atoms with Crippen molar-refractivity contribution < 1.29 is 30.3 Å². The molecule has 0 saturated carbocycles. The molecule has 1 unspecified atom stereocenters. The van der Waals surface area contributed by atoms with Gasteiger partial charge in [0.1, 0.15) is 30.2 Å². The lowest BCUT2D eigenvalue weighted by atomic mass is 9.98. The molecule has 1 aromatic rings. The van der Waals surface area contributed by atoms with E-state index in [4.69, 9.17) is 9.84 Å². The van der Waals surface area contributed by atoms with Crippen molar-refractivity contribution in [2.24, 2.45) is 0 Å². The molecule has 7 heteroatoms. The number of aliphatic hydroxyl groups excluding tert-OH is 4. The van der Waals surface area contributed by atoms with Crippen LogP contribution in [-0.4, -0.2) is 62.8 Å². The van der Waals surface area contributed by atoms with Gasteiger partial charge in [0.2, 0.25) is 0 Å². The van der Waals surface area contributed by atoms with E-state index in [1.807, 2.05) is 0 Å². The largest absolute Gasteiger partial charge is 0.508 e. The molecule has 5 atom stereocenters. The van der Waals surface area contributed by atoms with E-state index in [1.54, 1.807) is 12.1 Å². The van der Waals surface area contributed by atoms with Gasteiger partial charge in [-0.3, -0.25) is 0 Å². The molecule has 0 amide bonds. The minimum Gasteiger partial charge on any atom is -0.508 e. The summed E-state index contributed by atoms with van der Waals surface area (Å²) in [5, 5.41) is 50.2. The van der Waals surface area contributed by atoms with Crippen LogP contribution >= 0.6 is 0 Å². The van der Waals surface area contributed by atoms with Crippen LogP contribution in [0.1, 0.15) is 0 Å². The number of phenols is 1. The van der Waals surface area contributed by atoms with Crippen LogP contribution in [0.3, 0.4) is 0 Å². The van der Waals surface area contributed by atoms with E-state index >= 15 is 0 Å². The lowest BCUT2D eigenvalue weighted by Gasteiger charge is -2.40. The fraction of sp³-hybridized carbons (Fsp3) is 0.500. The maximum absolute atomic E-state index is 9.81. The zero-order chi connectivity index (χ0) is 14.0. The van der Waals surface area contributed by atoms with Crippen LogP contribution in [0.2, 0.25) is 0 Å². The van der Waals surface area contributed by atoms with Crippen molar-refractivity contribution in [3.63, 3.8) is 0 Å². The molecule has 19 heavy (non-hydrogen) atoms. The van der Waals surface area contributed by atoms with Gasteiger partial charge in [-0.15, -0.1) is 0 Å². The SMILES string of the molecule is OC[C@H]1OC(Nc2cccc(O)c2)[C@H](O)[C@@H](O)[C@@H]1O. The summed E-state index contributed by atoms with van der Waals surface area (Å²) < 4.78 is 5.27. The average Bonchev–Trinajstić information content (AvgIpc) is 2.39. The summed E-state index contributed by atoms with van der Waals surface area (Å²) in [6.45, 7) is -0.483. The average molecular weight is 271 g/mol. The minimum atomic E-state index is -1.43. The van der Waals surface area contributed by atoms with Crippen molar-refractivity contribution >= 4 is 5.69 Å². The number of aromatic hydroxyl groups is 1. The number of ether oxygens (including phenoxy) is 1. The second-order valence-electron chi connectivity index (χ2n) is 4.44. The Labute approximate surface area is 109 Å². The zero-order valence-corrected chi connectivity index (χ0v) is 10.0. The third kappa shape index (κ3) is 2.96. The van der Waals surface area contributed by atoms with Crippen LogP contribution in [0.4, 0.5) is 5.69 Å². The van der Waals surface area contributed by atoms with Crippen LogP contribution in [0.15, 0.2) is 24.3 Å². The van der Waals surface area contributed by atoms with E-state index in [-0.39, 0.29) is 5.75 Å². The normalized spacial score (nSPS) is 35.1. The van der Waals surface area contributed by atoms with Crippen LogP contribution in [0, 0.1) is 0 Å². The summed E-state index contributed by atoms with van der Waals surface area (Å²) in [5.41, 5.74) is 0.476. The molecular formula is C12H17NO6. The molecule has 0 spiro atoms. The van der Waals surface area contributed by atoms with Crippen LogP contribution in [0.5, 0.6) is 5.75 Å². The Morgan fingerprint density at radius 3 is 2.47 bits per heavy atom. The van der Waals surface area contributed by atoms with Crippen molar-refractivity contribution in [3.05, 3.63) is 24.3 Å². The lowest BCUT2D eigenvalue weighted by Crippen LogP contribution is -2.60. The Morgan fingerprint density at radius 1 is 1.11 bits per heavy atom. The first-order valence-corrected chi connectivity index (χ1v) is 5.89. The highest BCUT2D eigenvalue weighted by molar-refractivity contribution is 5.48. The van der Waals surface area contributed by atoms with E-state index in [2.05, 4.69) is 5.32 Å². The molecule has 1 fully saturated rings. The van der Waals surface area contributed by atoms with Crippen molar-refractivity contribution in [1.29, 1.82) is 0 Å². The Morgan fingerprint density at radius 2 is 1.84 bits per heavy atom. The number of anilines is 1. The van der Waals surface area contributed by atoms with Gasteiger partial charge in [0.05, 0.1) is 6.61 Å². The second kappa shape index (κ2) is 5.72. The summed E-state index contributed by atoms with van der Waals surface area (Å²) in [4.78, 5) is 0. The first-order valence-electron chi connectivity index (χ1n) is 5.89. The van der Waals surface area contributed by atoms with E-state index < -0.39 is 37.3 Å². The molecule has 0 bridgehead atoms. The molecule has 1 aliphatic rings. The Hall–Kier alpha value is -1.38. The van der Waals surface area contributed by atoms with Gasteiger partial charge in [-0.25, -0.2) is 0 Å². The molecule has 2 rings (SSSR count). The molecule has 0 aromatic heterocycles. The summed E-state index contributed by atoms with van der Waals surface area (Å²) in [5.74, 6) is 0.0367. The predicted octanol–water partition coefficient (Wildman–Crippen LogP) is -1.40. The third-order valence-electron chi connectivity index (χ3n) is 3.05. The number of hydrogen-bond acceptors (Lipinski definition) is 7. The molecule has 0 radical (unpaired) electrons. The van der Waals surface area contributed by atoms with Gasteiger partial charge in [0, 0.05) is 11.8 Å². The number of rotatable bonds is 3. The van der Waals surface area contributed by atoms with Gasteiger partial charge in [-0.05, 0) is 12.1 Å². The quantitative estimate of drug-likeness (QED) is 0.400. The minimum absolute atomic E-state index is 0.0367. The molecule has 0 aliphatic carbocycles. The predicted molar refractivity (Wildman–Crippen MR) is 65.5 cm³/mol. The number of phenolic OH excluding ortho intramolecular Hbond substituents is 1. The number of hydrogen-bond donors (Lipinski definition) is 6. The molecule has 1 saturated heterocycles. The highest BCUT2D eigenvalue weighted by Crippen LogP contribution is 2.24. The number of aliphatic hydroxyl groups is 4. The third-order valence-corrected chi connectivity index (χ3v) is 3.05. The van der Waals surface area contributed by atoms with E-state index in [1.165, 1.54) is 12.1 Å². The van der Waals surface area contributed by atoms with Crippen LogP contribution < -0.4 is 5.32 Å². The highest BCUT2D eigenvalue weighted by Gasteiger charge is 2.43. The molecular weight excluding hydrogens is 254 g/mol. The monoisotopic (exact) mass is 271 g/mol. The Kier molecular flexibility index (Phi) is 4.23. The van der Waals surface area contributed by atoms with Gasteiger partial charge in [-0.2, -0.15) is 0 Å². The summed E-state index contributed by atoms with van der Waals surface area (Å²) in [7, 11) is 0. The molecule has 6 N–H and O–H groups in total. The highest BCUT2D eigenvalue weighted by atomic mass is 16.6. The van der Waals surface area contributed by atoms with Gasteiger partial charge in [0.25, 0.3) is 0 Å². The second-order valence-corrected chi connectivity index (χ2v) is 4.44. The van der Waals surface area contributed by atoms with Gasteiger partial charge < -0.3 is 35.6 Å². The van der Waals surface area contributed by atoms with Crippen LogP contribution in [0.25, 0.3) is 0 Å². The number of nitrogens with one attached hydrogen (secondary N) is 1. The van der Waals surface area contributed by atoms with E-state index in [0.29, 0.717) is 5.69 Å². The van der Waals surface area contributed by atoms with Gasteiger partial charge in [0.15, 0.2) is 6.23 Å². The fourth-order valence-electron chi connectivity index (χ4n) is 1.98. The smallest absolute Gasteiger partial charge is 0.157 e. The van der Waals surface area contributed by atoms with E-state index in [0.717, 1.165) is 0 Å². The first kappa shape index (κ1) is 14.0. The summed E-state index contributed by atoms with van der Waals surface area (Å²) >= 11 is 0. The van der Waals surface area contributed by atoms with Crippen LogP contribution in [-0.2, 0) is 4.74 Å². The Bertz CT molecular complexity index is 426. The van der Waals surface area contributed by atoms with Crippen molar-refractivity contribution in [3.8, 4) is 5.75 Å². The van der Waals surface area contributed by atoms with Crippen molar-refractivity contribution in [1.82, 2.24) is 0 Å². The van der Waals surface area contributed by atoms with Crippen molar-refractivity contribution in [2.45, 2.75) is 30.6 Å². The standard InChI is InChI=1S/C12H17NO6/c14-5-8-9(16)10(17)11(18)12(19-8)13-6-2-1-3-7(15)4-6/h1-4,8-18H,5H2/t8-,9-,10+,11-,12?/m1/s1. The molecule has 1 heterocycles. The molecule has 1 aromatic carbocycles. The molecule has 1 aliphatic heterocycles. The fourth-order valence-corrected chi connectivity index (χ4v) is 1.98. The summed E-state index contributed by atoms with van der Waals surface area (Å²) in [6.07, 6.45) is -6.14. The van der Waals surface area contributed by atoms with Gasteiger partial charge >= 0.3 is 0 Å². The molecule has 7 nitrogen and oxygen atoms in total. The van der Waals surface area contributed by atoms with Gasteiger partial charge in [-0.1, -0.05) is 6.07 Å². The first-order chi connectivity index (χ1) is 9.02. The maximum Gasteiger partial charge on any atom is 0.157 e. The molecule has 106 valence electrons. The lowest BCUT2D eigenvalue weighted by molar-refractivity contribution is -0.221. The topological polar surface area (TPSA) is 122 Å². The number of benzene rings is 1. The Balaban J connectivity index is 2.10. The maximum atomic E-state index is 9.81. The van der Waals surface area contributed by atoms with E-state index in [9.17, 15) is 20.4 Å². The summed E-state index contributed by atoms with van der Waals surface area (Å²) in [6, 6.07) is 6.14. The van der Waals surface area contributed by atoms with Crippen molar-refractivity contribution in [2.75, 3.05) is 11.9 Å².